The van der Waals surface area contributed by atoms with Crippen LogP contribution in [0.15, 0.2) is 0 Å². The Kier molecular flexibility index (Phi) is 3.73. The second-order valence-electron chi connectivity index (χ2n) is 5.77. The van der Waals surface area contributed by atoms with Gasteiger partial charge in [-0.3, -0.25) is 4.79 Å². The van der Waals surface area contributed by atoms with E-state index in [1.807, 2.05) is 4.90 Å². The second-order valence-corrected chi connectivity index (χ2v) is 5.77. The van der Waals surface area contributed by atoms with Gasteiger partial charge in [-0.1, -0.05) is 19.8 Å². The molecule has 2 rings (SSSR count). The lowest BCUT2D eigenvalue weighted by Gasteiger charge is -2.41. The molecule has 2 aliphatic rings. The van der Waals surface area contributed by atoms with Crippen molar-refractivity contribution in [1.29, 1.82) is 0 Å². The molecule has 1 saturated carbocycles. The van der Waals surface area contributed by atoms with E-state index < -0.39 is 0 Å². The van der Waals surface area contributed by atoms with Crippen LogP contribution in [0.5, 0.6) is 0 Å². The third-order valence-corrected chi connectivity index (χ3v) is 4.25. The Morgan fingerprint density at radius 3 is 2.71 bits per heavy atom. The number of hydrogen-bond donors (Lipinski definition) is 1. The molecule has 0 aromatic carbocycles. The highest BCUT2D eigenvalue weighted by Crippen LogP contribution is 2.39. The number of nitrogens with two attached hydrogens (primary N) is 1. The van der Waals surface area contributed by atoms with Crippen molar-refractivity contribution in [3.05, 3.63) is 0 Å². The molecule has 1 heterocycles. The third kappa shape index (κ3) is 2.47. The minimum atomic E-state index is -0.134. The van der Waals surface area contributed by atoms with Gasteiger partial charge in [0, 0.05) is 18.5 Å². The molecule has 4 heteroatoms. The summed E-state index contributed by atoms with van der Waals surface area (Å²) in [6, 6.07) is 0.183. The van der Waals surface area contributed by atoms with Gasteiger partial charge in [0.05, 0.1) is 18.8 Å². The van der Waals surface area contributed by atoms with Crippen molar-refractivity contribution in [3.63, 3.8) is 0 Å². The van der Waals surface area contributed by atoms with Crippen LogP contribution in [-0.4, -0.2) is 42.6 Å². The predicted octanol–water partition coefficient (Wildman–Crippen LogP) is 1.14. The summed E-state index contributed by atoms with van der Waals surface area (Å²) in [7, 11) is 0. The van der Waals surface area contributed by atoms with Crippen LogP contribution in [0.4, 0.5) is 0 Å². The van der Waals surface area contributed by atoms with Crippen molar-refractivity contribution in [1.82, 2.24) is 4.90 Å². The molecule has 0 radical (unpaired) electrons. The first-order valence-corrected chi connectivity index (χ1v) is 6.69. The van der Waals surface area contributed by atoms with E-state index in [2.05, 4.69) is 13.8 Å². The topological polar surface area (TPSA) is 55.6 Å². The van der Waals surface area contributed by atoms with Gasteiger partial charge in [-0.15, -0.1) is 0 Å². The monoisotopic (exact) mass is 240 g/mol. The maximum Gasteiger partial charge on any atom is 0.228 e. The van der Waals surface area contributed by atoms with Crippen LogP contribution in [0.25, 0.3) is 0 Å². The molecule has 1 amide bonds. The van der Waals surface area contributed by atoms with E-state index >= 15 is 0 Å². The molecule has 0 spiro atoms. The highest BCUT2D eigenvalue weighted by Gasteiger charge is 2.42. The molecule has 2 unspecified atom stereocenters. The molecule has 2 fully saturated rings. The molecule has 2 atom stereocenters. The quantitative estimate of drug-likeness (QED) is 0.787. The van der Waals surface area contributed by atoms with Gasteiger partial charge in [-0.25, -0.2) is 0 Å². The van der Waals surface area contributed by atoms with Gasteiger partial charge in [0.25, 0.3) is 0 Å². The molecule has 4 nitrogen and oxygen atoms in total. The van der Waals surface area contributed by atoms with E-state index in [4.69, 9.17) is 10.5 Å². The maximum absolute atomic E-state index is 12.6. The Balaban J connectivity index is 2.06. The molecule has 98 valence electrons. The zero-order valence-corrected chi connectivity index (χ0v) is 10.9. The van der Waals surface area contributed by atoms with Crippen molar-refractivity contribution < 1.29 is 9.53 Å². The van der Waals surface area contributed by atoms with E-state index in [9.17, 15) is 4.79 Å². The van der Waals surface area contributed by atoms with Crippen molar-refractivity contribution >= 4 is 5.91 Å². The fourth-order valence-electron chi connectivity index (χ4n) is 2.96. The third-order valence-electron chi connectivity index (χ3n) is 4.25. The summed E-state index contributed by atoms with van der Waals surface area (Å²) < 4.78 is 5.60. The van der Waals surface area contributed by atoms with Crippen LogP contribution in [0.1, 0.15) is 39.5 Å². The standard InChI is InChI=1S/C13H24N2O2/c1-10-9-17-11(7-14)8-15(10)12(16)13(2)5-3-4-6-13/h10-11H,3-9,14H2,1-2H3. The van der Waals surface area contributed by atoms with Crippen molar-refractivity contribution in [2.75, 3.05) is 19.7 Å². The number of carbonyl (C=O) groups is 1. The summed E-state index contributed by atoms with van der Waals surface area (Å²) in [5.74, 6) is 0.309. The van der Waals surface area contributed by atoms with E-state index in [0.717, 1.165) is 12.8 Å². The van der Waals surface area contributed by atoms with E-state index in [-0.39, 0.29) is 17.6 Å². The average Bonchev–Trinajstić information content (AvgIpc) is 2.77. The second kappa shape index (κ2) is 4.94. The summed E-state index contributed by atoms with van der Waals surface area (Å²) >= 11 is 0. The Morgan fingerprint density at radius 1 is 1.47 bits per heavy atom. The van der Waals surface area contributed by atoms with Crippen molar-refractivity contribution in [3.8, 4) is 0 Å². The summed E-state index contributed by atoms with van der Waals surface area (Å²) in [6.07, 6.45) is 4.44. The van der Waals surface area contributed by atoms with Crippen LogP contribution in [-0.2, 0) is 9.53 Å². The molecule has 1 aliphatic carbocycles. The molecule has 0 aromatic rings. The zero-order chi connectivity index (χ0) is 12.5. The predicted molar refractivity (Wildman–Crippen MR) is 66.5 cm³/mol. The van der Waals surface area contributed by atoms with E-state index in [0.29, 0.717) is 25.6 Å². The highest BCUT2D eigenvalue weighted by atomic mass is 16.5. The van der Waals surface area contributed by atoms with Gasteiger partial charge >= 0.3 is 0 Å². The molecular weight excluding hydrogens is 216 g/mol. The molecule has 2 N–H and O–H groups in total. The summed E-state index contributed by atoms with van der Waals surface area (Å²) in [5.41, 5.74) is 5.50. The van der Waals surface area contributed by atoms with Gasteiger partial charge < -0.3 is 15.4 Å². The average molecular weight is 240 g/mol. The Labute approximate surface area is 103 Å². The molecule has 17 heavy (non-hydrogen) atoms. The first kappa shape index (κ1) is 12.8. The minimum Gasteiger partial charge on any atom is -0.373 e. The number of amides is 1. The Bertz CT molecular complexity index is 287. The molecule has 0 aromatic heterocycles. The van der Waals surface area contributed by atoms with Crippen LogP contribution in [0.3, 0.4) is 0 Å². The normalized spacial score (nSPS) is 32.8. The van der Waals surface area contributed by atoms with Gasteiger partial charge in [0.1, 0.15) is 0 Å². The van der Waals surface area contributed by atoms with Crippen molar-refractivity contribution in [2.45, 2.75) is 51.7 Å². The lowest BCUT2D eigenvalue weighted by atomic mass is 9.86. The lowest BCUT2D eigenvalue weighted by molar-refractivity contribution is -0.153. The van der Waals surface area contributed by atoms with Gasteiger partial charge in [-0.05, 0) is 19.8 Å². The molecule has 0 bridgehead atoms. The molecule has 1 aliphatic heterocycles. The minimum absolute atomic E-state index is 0.0140. The van der Waals surface area contributed by atoms with E-state index in [1.54, 1.807) is 0 Å². The Hall–Kier alpha value is -0.610. The summed E-state index contributed by atoms with van der Waals surface area (Å²) in [5, 5.41) is 0. The fraction of sp³-hybridized carbons (Fsp3) is 0.923. The summed E-state index contributed by atoms with van der Waals surface area (Å²) in [6.45, 7) is 5.94. The molecular formula is C13H24N2O2. The maximum atomic E-state index is 12.6. The van der Waals surface area contributed by atoms with Gasteiger partial charge in [0.15, 0.2) is 0 Å². The lowest BCUT2D eigenvalue weighted by Crippen LogP contribution is -2.56. The number of nitrogens with zero attached hydrogens (tertiary/aromatic N) is 1. The number of rotatable bonds is 2. The van der Waals surface area contributed by atoms with Crippen LogP contribution >= 0.6 is 0 Å². The molecule has 1 saturated heterocycles. The first-order valence-electron chi connectivity index (χ1n) is 6.69. The van der Waals surface area contributed by atoms with Crippen LogP contribution < -0.4 is 5.73 Å². The first-order chi connectivity index (χ1) is 8.07. The number of carbonyl (C=O) groups excluding carboxylic acids is 1. The van der Waals surface area contributed by atoms with Crippen LogP contribution in [0.2, 0.25) is 0 Å². The van der Waals surface area contributed by atoms with E-state index in [1.165, 1.54) is 12.8 Å². The SMILES string of the molecule is CC1COC(CN)CN1C(=O)C1(C)CCCC1. The summed E-state index contributed by atoms with van der Waals surface area (Å²) in [4.78, 5) is 14.6. The number of ether oxygens (including phenoxy) is 1. The van der Waals surface area contributed by atoms with Gasteiger partial charge in [-0.2, -0.15) is 0 Å². The fourth-order valence-corrected chi connectivity index (χ4v) is 2.96. The highest BCUT2D eigenvalue weighted by molar-refractivity contribution is 5.83. The number of hydrogen-bond acceptors (Lipinski definition) is 3. The van der Waals surface area contributed by atoms with Crippen LogP contribution in [0, 0.1) is 5.41 Å². The van der Waals surface area contributed by atoms with Gasteiger partial charge in [0.2, 0.25) is 5.91 Å². The van der Waals surface area contributed by atoms with Crippen molar-refractivity contribution in [2.24, 2.45) is 11.1 Å². The number of morpholine rings is 1. The largest absolute Gasteiger partial charge is 0.373 e. The zero-order valence-electron chi connectivity index (χ0n) is 10.9. The Morgan fingerprint density at radius 2 is 2.12 bits per heavy atom. The smallest absolute Gasteiger partial charge is 0.228 e.